The number of nitrogens with zero attached hydrogens (tertiary/aromatic N) is 2. The molecule has 1 fully saturated rings. The van der Waals surface area contributed by atoms with Gasteiger partial charge in [0.05, 0.1) is 23.8 Å². The summed E-state index contributed by atoms with van der Waals surface area (Å²) in [6.45, 7) is 6.35. The van der Waals surface area contributed by atoms with Crippen LogP contribution in [0.1, 0.15) is 23.2 Å². The lowest BCUT2D eigenvalue weighted by molar-refractivity contribution is -0.505. The van der Waals surface area contributed by atoms with Crippen molar-refractivity contribution in [2.24, 2.45) is 0 Å². The highest BCUT2D eigenvalue weighted by molar-refractivity contribution is 8.14. The molecule has 0 saturated carbocycles. The number of nitro benzene ring substituents is 1. The Kier molecular flexibility index (Phi) is 8.70. The van der Waals surface area contributed by atoms with Crippen molar-refractivity contribution >= 4 is 28.4 Å². The predicted molar refractivity (Wildman–Crippen MR) is 92.3 cm³/mol. The lowest BCUT2D eigenvalue weighted by Gasteiger charge is -2.06. The topological polar surface area (TPSA) is 75.2 Å². The van der Waals surface area contributed by atoms with Crippen molar-refractivity contribution in [1.82, 2.24) is 5.32 Å². The number of halogens is 1. The van der Waals surface area contributed by atoms with Gasteiger partial charge in [0.15, 0.2) is 5.78 Å². The second kappa shape index (κ2) is 10.2. The molecule has 0 amide bonds. The van der Waals surface area contributed by atoms with Gasteiger partial charge in [-0.3, -0.25) is 24.8 Å². The summed E-state index contributed by atoms with van der Waals surface area (Å²) < 4.78 is 2.25. The van der Waals surface area contributed by atoms with Crippen molar-refractivity contribution in [3.05, 3.63) is 52.6 Å². The molecule has 24 heavy (non-hydrogen) atoms. The molecule has 1 N–H and O–H groups in total. The lowest BCUT2D eigenvalue weighted by atomic mass is 10.1. The van der Waals surface area contributed by atoms with E-state index in [4.69, 9.17) is 0 Å². The Morgan fingerprint density at radius 2 is 1.96 bits per heavy atom. The fourth-order valence-electron chi connectivity index (χ4n) is 2.32. The number of nitrogens with one attached hydrogen (secondary N) is 1. The highest BCUT2D eigenvalue weighted by atomic mass is 79.9. The molecule has 130 valence electrons. The second-order valence-corrected chi connectivity index (χ2v) is 6.15. The molecule has 1 aliphatic rings. The fraction of sp³-hybridized carbons (Fsp3) is 0.375. The molecule has 0 spiro atoms. The maximum atomic E-state index is 12.2. The van der Waals surface area contributed by atoms with E-state index in [0.29, 0.717) is 17.9 Å². The smallest absolute Gasteiger partial charge is 0.306 e. The summed E-state index contributed by atoms with van der Waals surface area (Å²) in [5.41, 5.74) is 0.485. The normalized spacial score (nSPS) is 13.1. The van der Waals surface area contributed by atoms with Crippen molar-refractivity contribution < 1.29 is 31.3 Å². The molecule has 0 radical (unpaired) electrons. The molecule has 0 bridgehead atoms. The lowest BCUT2D eigenvalue weighted by Crippen LogP contribution is -3.00. The average molecular weight is 414 g/mol. The summed E-state index contributed by atoms with van der Waals surface area (Å²) >= 11 is 1.47. The summed E-state index contributed by atoms with van der Waals surface area (Å²) in [5.74, 6) is 0.260. The number of hydrogen-bond donors (Lipinski definition) is 1. The maximum Gasteiger partial charge on any atom is 0.306 e. The molecule has 1 heterocycles. The number of benzene rings is 1. The maximum absolute atomic E-state index is 12.2. The van der Waals surface area contributed by atoms with Crippen LogP contribution in [0.2, 0.25) is 0 Å². The first-order valence-electron chi connectivity index (χ1n) is 7.49. The van der Waals surface area contributed by atoms with Gasteiger partial charge in [0.2, 0.25) is 0 Å². The molecular formula is C16H20BrN3O3S. The van der Waals surface area contributed by atoms with Crippen LogP contribution in [0.4, 0.5) is 5.69 Å². The number of carbonyl (C=O) groups is 1. The van der Waals surface area contributed by atoms with Crippen LogP contribution in [-0.4, -0.2) is 45.8 Å². The minimum Gasteiger partial charge on any atom is -1.00 e. The molecule has 1 aliphatic heterocycles. The third-order valence-corrected chi connectivity index (χ3v) is 4.61. The number of amidine groups is 1. The van der Waals surface area contributed by atoms with Gasteiger partial charge in [0.1, 0.15) is 6.54 Å². The van der Waals surface area contributed by atoms with E-state index in [-0.39, 0.29) is 28.5 Å². The number of non-ortho nitro benzene ring substituents is 1. The summed E-state index contributed by atoms with van der Waals surface area (Å²) in [7, 11) is 0. The van der Waals surface area contributed by atoms with Crippen LogP contribution in [-0.2, 0) is 0 Å². The van der Waals surface area contributed by atoms with Crippen LogP contribution in [0.3, 0.4) is 0 Å². The standard InChI is InChI=1S/C16H19N3O3S.BrH/c1-2-9-17-16(18-10-3-4-11-18)23-12-15(20)13-5-7-14(8-6-13)19(21)22;/h2,5-8H,1,3-4,9-12H2;1H. The molecule has 0 unspecified atom stereocenters. The van der Waals surface area contributed by atoms with Crippen LogP contribution in [0, 0.1) is 10.1 Å². The highest BCUT2D eigenvalue weighted by Gasteiger charge is 2.19. The van der Waals surface area contributed by atoms with Gasteiger partial charge in [-0.2, -0.15) is 0 Å². The van der Waals surface area contributed by atoms with Crippen molar-refractivity contribution in [3.63, 3.8) is 0 Å². The first-order chi connectivity index (χ1) is 11.1. The van der Waals surface area contributed by atoms with Crippen LogP contribution < -0.4 is 22.3 Å². The van der Waals surface area contributed by atoms with E-state index in [0.717, 1.165) is 31.1 Å². The van der Waals surface area contributed by atoms with Crippen molar-refractivity contribution in [2.75, 3.05) is 25.4 Å². The highest BCUT2D eigenvalue weighted by Crippen LogP contribution is 2.15. The van der Waals surface area contributed by atoms with Crippen LogP contribution in [0.5, 0.6) is 0 Å². The van der Waals surface area contributed by atoms with Crippen LogP contribution in [0.25, 0.3) is 0 Å². The Morgan fingerprint density at radius 1 is 1.33 bits per heavy atom. The number of thioether (sulfide) groups is 1. The van der Waals surface area contributed by atoms with E-state index in [9.17, 15) is 14.9 Å². The Morgan fingerprint density at radius 3 is 2.50 bits per heavy atom. The largest absolute Gasteiger partial charge is 1.00 e. The Bertz CT molecular complexity index is 624. The Balaban J connectivity index is 0.00000288. The molecule has 2 rings (SSSR count). The molecule has 0 aliphatic carbocycles. The molecule has 8 heteroatoms. The summed E-state index contributed by atoms with van der Waals surface area (Å²) in [5, 5.41) is 14.9. The molecule has 1 aromatic rings. The minimum atomic E-state index is -0.471. The zero-order chi connectivity index (χ0) is 16.7. The van der Waals surface area contributed by atoms with Gasteiger partial charge in [-0.25, -0.2) is 0 Å². The van der Waals surface area contributed by atoms with E-state index in [1.54, 1.807) is 6.08 Å². The van der Waals surface area contributed by atoms with E-state index >= 15 is 0 Å². The van der Waals surface area contributed by atoms with E-state index < -0.39 is 4.92 Å². The van der Waals surface area contributed by atoms with Gasteiger partial charge in [-0.15, -0.1) is 0 Å². The average Bonchev–Trinajstić information content (AvgIpc) is 3.09. The Hall–Kier alpha value is -1.67. The Labute approximate surface area is 155 Å². The molecule has 1 saturated heterocycles. The third-order valence-electron chi connectivity index (χ3n) is 3.53. The molecular weight excluding hydrogens is 394 g/mol. The number of Topliss-reactive ketones (excluding diaryl/α,β-unsaturated/α-hetero) is 1. The van der Waals surface area contributed by atoms with Crippen LogP contribution in [0.15, 0.2) is 36.9 Å². The minimum absolute atomic E-state index is 0. The molecule has 1 aromatic carbocycles. The number of nitro groups is 1. The number of ketones is 1. The first kappa shape index (κ1) is 20.4. The summed E-state index contributed by atoms with van der Waals surface area (Å²) in [6, 6.07) is 5.74. The van der Waals surface area contributed by atoms with E-state index in [1.807, 2.05) is 0 Å². The first-order valence-corrected chi connectivity index (χ1v) is 8.47. The third kappa shape index (κ3) is 5.76. The zero-order valence-electron chi connectivity index (χ0n) is 13.2. The number of hydrogen-bond acceptors (Lipinski definition) is 4. The summed E-state index contributed by atoms with van der Waals surface area (Å²) in [4.78, 5) is 22.4. The van der Waals surface area contributed by atoms with Gasteiger partial charge >= 0.3 is 5.17 Å². The van der Waals surface area contributed by atoms with Crippen molar-refractivity contribution in [1.29, 1.82) is 0 Å². The van der Waals surface area contributed by atoms with Gasteiger partial charge in [-0.1, -0.05) is 12.7 Å². The van der Waals surface area contributed by atoms with Crippen molar-refractivity contribution in [2.45, 2.75) is 12.8 Å². The van der Waals surface area contributed by atoms with E-state index in [2.05, 4.69) is 16.5 Å². The fourth-order valence-corrected chi connectivity index (χ4v) is 3.31. The van der Waals surface area contributed by atoms with Gasteiger partial charge in [0.25, 0.3) is 5.69 Å². The van der Waals surface area contributed by atoms with Crippen molar-refractivity contribution in [3.8, 4) is 0 Å². The number of carbonyl (C=O) groups excluding carboxylic acids is 1. The quantitative estimate of drug-likeness (QED) is 0.169. The summed E-state index contributed by atoms with van der Waals surface area (Å²) in [6.07, 6.45) is 4.11. The van der Waals surface area contributed by atoms with Gasteiger partial charge < -0.3 is 17.0 Å². The number of rotatable bonds is 6. The molecule has 0 aromatic heterocycles. The zero-order valence-corrected chi connectivity index (χ0v) is 15.6. The van der Waals surface area contributed by atoms with E-state index in [1.165, 1.54) is 36.0 Å². The second-order valence-electron chi connectivity index (χ2n) is 5.18. The van der Waals surface area contributed by atoms with Crippen LogP contribution >= 0.6 is 11.8 Å². The predicted octanol–water partition coefficient (Wildman–Crippen LogP) is -0.547. The van der Waals surface area contributed by atoms with Gasteiger partial charge in [-0.05, 0) is 36.7 Å². The SMILES string of the molecule is C=CCNC(SCC(=O)c1ccc([N+](=O)[O-])cc1)=[N+]1CCCC1.[Br-]. The molecule has 0 atom stereocenters. The van der Waals surface area contributed by atoms with Gasteiger partial charge in [0, 0.05) is 17.7 Å². The monoisotopic (exact) mass is 413 g/mol. The molecule has 6 nitrogen and oxygen atoms in total.